The largest absolute Gasteiger partial charge is 0.462 e. The van der Waals surface area contributed by atoms with Crippen molar-refractivity contribution in [3.05, 3.63) is 76.1 Å². The Labute approximate surface area is 249 Å². The number of nitrogens with zero attached hydrogens (tertiary/aromatic N) is 5. The first-order valence-corrected chi connectivity index (χ1v) is 15.1. The van der Waals surface area contributed by atoms with Crippen molar-refractivity contribution in [3.63, 3.8) is 0 Å². The highest BCUT2D eigenvalue weighted by Gasteiger charge is 2.29. The number of rotatable bonds is 8. The third-order valence-electron chi connectivity index (χ3n) is 7.06. The zero-order chi connectivity index (χ0) is 29.6. The van der Waals surface area contributed by atoms with Crippen LogP contribution in [0.25, 0.3) is 15.9 Å². The van der Waals surface area contributed by atoms with Crippen LogP contribution in [-0.2, 0) is 9.47 Å². The van der Waals surface area contributed by atoms with Crippen LogP contribution in [0.1, 0.15) is 36.7 Å². The maximum absolute atomic E-state index is 14.4. The van der Waals surface area contributed by atoms with Crippen LogP contribution in [0.4, 0.5) is 16.6 Å². The first kappa shape index (κ1) is 29.3. The number of benzene rings is 2. The molecule has 1 aliphatic rings. The van der Waals surface area contributed by atoms with Crippen LogP contribution in [-0.4, -0.2) is 72.4 Å². The van der Waals surface area contributed by atoms with E-state index in [1.54, 1.807) is 11.5 Å². The van der Waals surface area contributed by atoms with Gasteiger partial charge < -0.3 is 24.6 Å². The molecule has 42 heavy (non-hydrogen) atoms. The molecule has 1 fully saturated rings. The topological polar surface area (TPSA) is 101 Å². The van der Waals surface area contributed by atoms with Gasteiger partial charge in [-0.05, 0) is 52.0 Å². The van der Waals surface area contributed by atoms with Crippen LogP contribution >= 0.6 is 11.3 Å². The number of aliphatic imine (C=N–C) groups is 1. The average Bonchev–Trinajstić information content (AvgIpc) is 3.38. The van der Waals surface area contributed by atoms with Gasteiger partial charge in [-0.1, -0.05) is 47.2 Å². The Morgan fingerprint density at radius 1 is 1.07 bits per heavy atom. The SMILES string of the molecule is CCOC(=O)c1c(/N=C(/Nc2ccc(C)cc2)N(CC)CC)sc2nc(N3CCOCC3)n(-c3ccccc3)c(=O)c12. The van der Waals surface area contributed by atoms with Crippen molar-refractivity contribution in [1.82, 2.24) is 14.5 Å². The fourth-order valence-electron chi connectivity index (χ4n) is 4.85. The summed E-state index contributed by atoms with van der Waals surface area (Å²) >= 11 is 1.22. The minimum absolute atomic E-state index is 0.128. The first-order valence-electron chi connectivity index (χ1n) is 14.3. The number of carbonyl (C=O) groups excluding carboxylic acids is 1. The number of para-hydroxylation sites is 1. The number of ether oxygens (including phenoxy) is 2. The van der Waals surface area contributed by atoms with Gasteiger partial charge in [-0.2, -0.15) is 0 Å². The number of carbonyl (C=O) groups is 1. The van der Waals surface area contributed by atoms with Crippen LogP contribution in [0.5, 0.6) is 0 Å². The number of aromatic nitrogens is 2. The third-order valence-corrected chi connectivity index (χ3v) is 8.03. The molecule has 0 spiro atoms. The number of anilines is 2. The molecule has 1 saturated heterocycles. The van der Waals surface area contributed by atoms with Gasteiger partial charge in [-0.25, -0.2) is 19.3 Å². The second kappa shape index (κ2) is 13.2. The van der Waals surface area contributed by atoms with E-state index in [9.17, 15) is 9.59 Å². The van der Waals surface area contributed by atoms with Gasteiger partial charge in [0.25, 0.3) is 5.56 Å². The molecule has 2 aromatic heterocycles. The lowest BCUT2D eigenvalue weighted by Crippen LogP contribution is -2.40. The normalized spacial score (nSPS) is 13.8. The highest BCUT2D eigenvalue weighted by atomic mass is 32.1. The summed E-state index contributed by atoms with van der Waals surface area (Å²) < 4.78 is 12.6. The van der Waals surface area contributed by atoms with Crippen molar-refractivity contribution in [2.24, 2.45) is 4.99 Å². The quantitative estimate of drug-likeness (QED) is 0.170. The molecule has 0 bridgehead atoms. The summed E-state index contributed by atoms with van der Waals surface area (Å²) in [5.41, 5.74) is 2.46. The van der Waals surface area contributed by atoms with Gasteiger partial charge in [0.05, 0.1) is 30.9 Å². The monoisotopic (exact) mass is 588 g/mol. The average molecular weight is 589 g/mol. The minimum Gasteiger partial charge on any atom is -0.462 e. The van der Waals surface area contributed by atoms with Crippen molar-refractivity contribution in [1.29, 1.82) is 0 Å². The molecule has 11 heteroatoms. The molecule has 0 atom stereocenters. The maximum atomic E-state index is 14.4. The molecule has 1 aliphatic heterocycles. The van der Waals surface area contributed by atoms with E-state index >= 15 is 0 Å². The number of thiophene rings is 1. The number of fused-ring (bicyclic) bond motifs is 1. The molecule has 0 radical (unpaired) electrons. The molecular formula is C31H36N6O4S. The van der Waals surface area contributed by atoms with Crippen molar-refractivity contribution in [3.8, 4) is 5.69 Å². The number of morpholine rings is 1. The second-order valence-corrected chi connectivity index (χ2v) is 10.7. The predicted octanol–water partition coefficient (Wildman–Crippen LogP) is 5.21. The van der Waals surface area contributed by atoms with Gasteiger partial charge in [-0.3, -0.25) is 4.79 Å². The van der Waals surface area contributed by atoms with Gasteiger partial charge >= 0.3 is 5.97 Å². The molecule has 3 heterocycles. The van der Waals surface area contributed by atoms with E-state index in [1.807, 2.05) is 80.3 Å². The predicted molar refractivity (Wildman–Crippen MR) is 169 cm³/mol. The summed E-state index contributed by atoms with van der Waals surface area (Å²) in [6.45, 7) is 11.7. The van der Waals surface area contributed by atoms with E-state index in [4.69, 9.17) is 19.5 Å². The van der Waals surface area contributed by atoms with E-state index < -0.39 is 5.97 Å². The standard InChI is InChI=1S/C31H36N6O4S/c1-5-35(6-2)30(32-22-15-13-21(4)14-16-22)33-27-25(29(39)41-7-3)24-26(42-27)34-31(36-17-19-40-20-18-36)37(28(24)38)23-11-9-8-10-12-23/h8-16H,5-7,17-20H2,1-4H3,(H,32,33). The molecule has 220 valence electrons. The van der Waals surface area contributed by atoms with Gasteiger partial charge in [0.15, 0.2) is 0 Å². The summed E-state index contributed by atoms with van der Waals surface area (Å²) in [6.07, 6.45) is 0. The number of hydrogen-bond acceptors (Lipinski definition) is 8. The molecule has 0 amide bonds. The molecule has 2 aromatic carbocycles. The summed E-state index contributed by atoms with van der Waals surface area (Å²) in [5, 5.41) is 3.99. The Morgan fingerprint density at radius 2 is 1.76 bits per heavy atom. The van der Waals surface area contributed by atoms with Crippen molar-refractivity contribution >= 4 is 50.1 Å². The molecule has 5 rings (SSSR count). The van der Waals surface area contributed by atoms with Crippen LogP contribution in [0, 0.1) is 6.92 Å². The van der Waals surface area contributed by atoms with Crippen LogP contribution in [0.2, 0.25) is 0 Å². The Morgan fingerprint density at radius 3 is 2.40 bits per heavy atom. The smallest absolute Gasteiger partial charge is 0.342 e. The summed E-state index contributed by atoms with van der Waals surface area (Å²) in [6, 6.07) is 17.4. The Kier molecular flexibility index (Phi) is 9.19. The lowest BCUT2D eigenvalue weighted by Gasteiger charge is -2.29. The number of guanidine groups is 1. The van der Waals surface area contributed by atoms with Gasteiger partial charge in [0, 0.05) is 31.9 Å². The summed E-state index contributed by atoms with van der Waals surface area (Å²) in [4.78, 5) is 42.4. The van der Waals surface area contributed by atoms with E-state index in [0.29, 0.717) is 66.8 Å². The molecule has 1 N–H and O–H groups in total. The van der Waals surface area contributed by atoms with Crippen molar-refractivity contribution < 1.29 is 14.3 Å². The highest BCUT2D eigenvalue weighted by Crippen LogP contribution is 2.38. The van der Waals surface area contributed by atoms with Gasteiger partial charge in [-0.15, -0.1) is 0 Å². The van der Waals surface area contributed by atoms with Crippen LogP contribution in [0.15, 0.2) is 64.4 Å². The highest BCUT2D eigenvalue weighted by molar-refractivity contribution is 7.22. The Hall–Kier alpha value is -4.22. The molecule has 0 aliphatic carbocycles. The zero-order valence-corrected chi connectivity index (χ0v) is 25.2. The maximum Gasteiger partial charge on any atom is 0.342 e. The minimum atomic E-state index is -0.602. The molecular weight excluding hydrogens is 552 g/mol. The van der Waals surface area contributed by atoms with E-state index in [1.165, 1.54) is 11.3 Å². The fraction of sp³-hybridized carbons (Fsp3) is 0.355. The summed E-state index contributed by atoms with van der Waals surface area (Å²) in [7, 11) is 0. The zero-order valence-electron chi connectivity index (χ0n) is 24.4. The number of nitrogens with one attached hydrogen (secondary N) is 1. The Bertz CT molecular complexity index is 1620. The molecule has 10 nitrogen and oxygen atoms in total. The van der Waals surface area contributed by atoms with Crippen LogP contribution in [0.3, 0.4) is 0 Å². The lowest BCUT2D eigenvalue weighted by molar-refractivity contribution is 0.0530. The summed E-state index contributed by atoms with van der Waals surface area (Å²) in [5.74, 6) is 0.475. The van der Waals surface area contributed by atoms with E-state index in [0.717, 1.165) is 11.3 Å². The van der Waals surface area contributed by atoms with E-state index in [-0.39, 0.29) is 23.1 Å². The van der Waals surface area contributed by atoms with Crippen LogP contribution < -0.4 is 15.8 Å². The van der Waals surface area contributed by atoms with E-state index in [2.05, 4.69) is 10.2 Å². The third kappa shape index (κ3) is 6.02. The Balaban J connectivity index is 1.76. The fourth-order valence-corrected chi connectivity index (χ4v) is 5.87. The van der Waals surface area contributed by atoms with Gasteiger partial charge in [0.1, 0.15) is 15.4 Å². The second-order valence-electron chi connectivity index (χ2n) is 9.77. The molecule has 0 unspecified atom stereocenters. The lowest BCUT2D eigenvalue weighted by atomic mass is 10.2. The first-order chi connectivity index (χ1) is 20.4. The number of esters is 1. The molecule has 0 saturated carbocycles. The van der Waals surface area contributed by atoms with Gasteiger partial charge in [0.2, 0.25) is 11.9 Å². The number of hydrogen-bond donors (Lipinski definition) is 1. The van der Waals surface area contributed by atoms with Crippen molar-refractivity contribution in [2.45, 2.75) is 27.7 Å². The van der Waals surface area contributed by atoms with Crippen molar-refractivity contribution in [2.75, 3.05) is 56.2 Å². The molecule has 4 aromatic rings. The number of aryl methyl sites for hydroxylation is 1.